The van der Waals surface area contributed by atoms with Crippen molar-refractivity contribution in [1.82, 2.24) is 60.5 Å². The van der Waals surface area contributed by atoms with E-state index in [1.807, 2.05) is 88.3 Å². The fraction of sp³-hybridized carbons (Fsp3) is 0.826. The van der Waals surface area contributed by atoms with E-state index < -0.39 is 156 Å². The number of nitrogens with zero attached hydrogens (tertiary/aromatic N) is 8. The maximum absolute atomic E-state index is 15.3. The average molecular weight is 1340 g/mol. The number of carbonyl (C=O) groups excluding carboxylic acids is 10. The van der Waals surface area contributed by atoms with Gasteiger partial charge in [-0.25, -0.2) is 0 Å². The van der Waals surface area contributed by atoms with E-state index in [1.165, 1.54) is 78.5 Å². The fourth-order valence-corrected chi connectivity index (χ4v) is 14.1. The van der Waals surface area contributed by atoms with Crippen LogP contribution in [0.15, 0.2) is 12.2 Å². The highest BCUT2D eigenvalue weighted by molar-refractivity contribution is 5.99. The van der Waals surface area contributed by atoms with Gasteiger partial charge in [0.05, 0.1) is 37.5 Å². The van der Waals surface area contributed by atoms with Gasteiger partial charge in [0.1, 0.15) is 66.7 Å². The third-order valence-electron chi connectivity index (χ3n) is 20.2. The van der Waals surface area contributed by atoms with Crippen LogP contribution in [0.5, 0.6) is 0 Å². The Morgan fingerprint density at radius 2 is 1.03 bits per heavy atom. The van der Waals surface area contributed by atoms with Crippen LogP contribution >= 0.6 is 0 Å². The maximum atomic E-state index is 15.3. The largest absolute Gasteiger partial charge is 0.370 e. The minimum absolute atomic E-state index is 0.0766. The average Bonchev–Trinajstić information content (AvgIpc) is 1.67. The topological polar surface area (TPSA) is 285 Å². The van der Waals surface area contributed by atoms with Crippen molar-refractivity contribution in [2.45, 2.75) is 253 Å². The number of likely N-dealkylation sites (N-methyl/N-ethyl adjacent to an activating group) is 7. The molecule has 0 radical (unpaired) electrons. The molecule has 5 aliphatic heterocycles. The molecule has 2 bridgehead atoms. The van der Waals surface area contributed by atoms with Crippen LogP contribution in [-0.2, 0) is 66.9 Å². The van der Waals surface area contributed by atoms with Gasteiger partial charge in [-0.15, -0.1) is 0 Å². The molecule has 17 atom stereocenters. The lowest BCUT2D eigenvalue weighted by atomic mass is 9.92. The fourth-order valence-electron chi connectivity index (χ4n) is 14.1. The second kappa shape index (κ2) is 34.6. The van der Waals surface area contributed by atoms with E-state index in [-0.39, 0.29) is 61.2 Å². The van der Waals surface area contributed by atoms with E-state index in [9.17, 15) is 24.0 Å². The van der Waals surface area contributed by atoms with Crippen LogP contribution in [-0.4, -0.2) is 277 Å². The summed E-state index contributed by atoms with van der Waals surface area (Å²) in [4.78, 5) is 161. The Balaban J connectivity index is 1.61. The van der Waals surface area contributed by atoms with Gasteiger partial charge in [-0.05, 0) is 102 Å². The molecule has 5 fully saturated rings. The molecule has 540 valence electrons. The van der Waals surface area contributed by atoms with E-state index in [2.05, 4.69) is 26.2 Å². The Bertz CT molecular complexity index is 2700. The molecule has 1 spiro atoms. The van der Waals surface area contributed by atoms with Crippen LogP contribution < -0.4 is 21.3 Å². The Kier molecular flexibility index (Phi) is 29.1. The summed E-state index contributed by atoms with van der Waals surface area (Å²) in [5, 5.41) is 11.9. The summed E-state index contributed by atoms with van der Waals surface area (Å²) in [7, 11) is 10.7. The molecule has 0 aliphatic carbocycles. The normalized spacial score (nSPS) is 32.7. The first kappa shape index (κ1) is 79.9. The highest BCUT2D eigenvalue weighted by Crippen LogP contribution is 2.36. The first-order valence-corrected chi connectivity index (χ1v) is 34.8. The molecule has 0 aromatic rings. The number of epoxide rings is 1. The summed E-state index contributed by atoms with van der Waals surface area (Å²) in [5.41, 5.74) is 0. The van der Waals surface area contributed by atoms with E-state index in [4.69, 9.17) is 18.9 Å². The summed E-state index contributed by atoms with van der Waals surface area (Å²) >= 11 is 0. The van der Waals surface area contributed by atoms with E-state index >= 15 is 24.0 Å². The van der Waals surface area contributed by atoms with Crippen molar-refractivity contribution in [2.75, 3.05) is 82.2 Å². The summed E-state index contributed by atoms with van der Waals surface area (Å²) < 4.78 is 25.4. The van der Waals surface area contributed by atoms with Crippen molar-refractivity contribution in [3.8, 4) is 0 Å². The smallest absolute Gasteiger partial charge is 0.248 e. The van der Waals surface area contributed by atoms with Crippen molar-refractivity contribution in [1.29, 1.82) is 0 Å². The molecule has 4 N–H and O–H groups in total. The first-order chi connectivity index (χ1) is 44.4. The summed E-state index contributed by atoms with van der Waals surface area (Å²) in [5.74, 6) is -7.63. The summed E-state index contributed by atoms with van der Waals surface area (Å²) in [6, 6.07) is -12.0. The predicted molar refractivity (Wildman–Crippen MR) is 360 cm³/mol. The first-order valence-electron chi connectivity index (χ1n) is 34.8. The van der Waals surface area contributed by atoms with Gasteiger partial charge in [-0.3, -0.25) is 53.3 Å². The molecular formula is C69H120N12O14. The van der Waals surface area contributed by atoms with Crippen LogP contribution in [0.3, 0.4) is 0 Å². The van der Waals surface area contributed by atoms with Crippen LogP contribution in [0, 0.1) is 35.5 Å². The van der Waals surface area contributed by atoms with Gasteiger partial charge in [-0.2, -0.15) is 0 Å². The van der Waals surface area contributed by atoms with Gasteiger partial charge < -0.3 is 74.1 Å². The zero-order valence-corrected chi connectivity index (χ0v) is 61.6. The molecule has 17 unspecified atom stereocenters. The molecule has 0 aromatic heterocycles. The Labute approximate surface area is 566 Å². The zero-order chi connectivity index (χ0) is 71.6. The number of carbonyl (C=O) groups is 10. The molecular weight excluding hydrogens is 1220 g/mol. The molecule has 26 nitrogen and oxygen atoms in total. The quantitative estimate of drug-likeness (QED) is 0.144. The van der Waals surface area contributed by atoms with Gasteiger partial charge >= 0.3 is 0 Å². The summed E-state index contributed by atoms with van der Waals surface area (Å²) in [6.45, 7) is 32.0. The van der Waals surface area contributed by atoms with Crippen molar-refractivity contribution >= 4 is 59.1 Å². The number of nitrogens with one attached hydrogen (secondary N) is 4. The van der Waals surface area contributed by atoms with Crippen LogP contribution in [0.1, 0.15) is 156 Å². The number of allylic oxidation sites excluding steroid dienone is 2. The van der Waals surface area contributed by atoms with Crippen molar-refractivity contribution in [3.63, 3.8) is 0 Å². The lowest BCUT2D eigenvalue weighted by Crippen LogP contribution is -2.62. The van der Waals surface area contributed by atoms with Crippen molar-refractivity contribution in [3.05, 3.63) is 12.2 Å². The molecule has 0 saturated carbocycles. The molecule has 5 saturated heterocycles. The summed E-state index contributed by atoms with van der Waals surface area (Å²) in [6.07, 6.45) is 2.96. The predicted octanol–water partition coefficient (Wildman–Crippen LogP) is 3.06. The van der Waals surface area contributed by atoms with Crippen LogP contribution in [0.4, 0.5) is 0 Å². The number of hydrogen-bond donors (Lipinski definition) is 4. The number of amides is 10. The lowest BCUT2D eigenvalue weighted by molar-refractivity contribution is -0.186. The van der Waals surface area contributed by atoms with E-state index in [0.29, 0.717) is 52.1 Å². The van der Waals surface area contributed by atoms with Gasteiger partial charge in [0.25, 0.3) is 0 Å². The number of fused-ring (bicyclic) bond motifs is 4. The van der Waals surface area contributed by atoms with Crippen molar-refractivity contribution < 1.29 is 66.9 Å². The van der Waals surface area contributed by atoms with Gasteiger partial charge in [0, 0.05) is 81.8 Å². The van der Waals surface area contributed by atoms with Gasteiger partial charge in [0.15, 0.2) is 5.79 Å². The van der Waals surface area contributed by atoms with Crippen LogP contribution in [0.25, 0.3) is 0 Å². The Morgan fingerprint density at radius 1 is 0.526 bits per heavy atom. The highest BCUT2D eigenvalue weighted by Gasteiger charge is 2.54. The Hall–Kier alpha value is -5.80. The van der Waals surface area contributed by atoms with Gasteiger partial charge in [0.2, 0.25) is 59.1 Å². The SMILES string of the molecule is CC=CCC(C)C1OC(C)C2C(=O)N(C)C1C(=O)NC(CC)C(=O)N(C)C(C)C(=O)N(C)C(C(C)CN1CCC3(CC1)OCCO3)C1OC1NC(C(C)C)C(=O)N(C)C(CC(C)C)C(=O)NC(C)C(=O)NC(C)C(=O)N(C)C(CC(C)C)C(=O)N(C)C(CC(C)C)C(=O)N2C. The molecule has 26 heteroatoms. The third-order valence-corrected chi connectivity index (χ3v) is 20.2. The second-order valence-corrected chi connectivity index (χ2v) is 29.4. The molecule has 0 aromatic carbocycles. The molecule has 10 amide bonds. The van der Waals surface area contributed by atoms with Crippen LogP contribution in [0.2, 0.25) is 0 Å². The monoisotopic (exact) mass is 1340 g/mol. The number of rotatable bonds is 14. The highest BCUT2D eigenvalue weighted by atomic mass is 16.7. The standard InChI is InChI=1S/C69H120N12O14/c1-24-26-27-42(11)56-55-60(84)72-48(25-2)64(87)74(17)46(15)63(86)78(21)53(43(12)37-81-30-28-69(29-31-81)92-32-33-93-69)57-61(95-57)73-52(41(9)10)67(90)75(18)49(34-38(3)4)59(83)70-44(13)58(82)71-45(14)62(85)76(19)50(35-39(5)6)65(88)77(20)51(36-40(7)8)66(89)79(22)54(47(16)94-56)68(91)80(55)23/h24,26,38-57,61,73H,25,27-37H2,1-23H3,(H,70,83)(H,71,82)(H,72,84). The number of hydrogen-bond acceptors (Lipinski definition) is 16. The maximum Gasteiger partial charge on any atom is 0.248 e. The van der Waals surface area contributed by atoms with Crippen molar-refractivity contribution in [2.24, 2.45) is 35.5 Å². The minimum Gasteiger partial charge on any atom is -0.370 e. The Morgan fingerprint density at radius 3 is 1.56 bits per heavy atom. The molecule has 5 aliphatic rings. The molecule has 95 heavy (non-hydrogen) atoms. The molecule has 5 rings (SSSR count). The molecule has 5 heterocycles. The minimum atomic E-state index is -1.31. The number of ether oxygens (including phenoxy) is 4. The number of piperidine rings is 1. The number of likely N-dealkylation sites (tertiary alicyclic amines) is 1. The van der Waals surface area contributed by atoms with E-state index in [0.717, 1.165) is 0 Å². The third kappa shape index (κ3) is 19.5. The van der Waals surface area contributed by atoms with Gasteiger partial charge in [-0.1, -0.05) is 88.3 Å². The lowest BCUT2D eigenvalue weighted by Gasteiger charge is -2.41. The zero-order valence-electron chi connectivity index (χ0n) is 61.6. The second-order valence-electron chi connectivity index (χ2n) is 29.4. The van der Waals surface area contributed by atoms with E-state index in [1.54, 1.807) is 39.8 Å².